The molecule has 0 saturated carbocycles. The number of anilines is 1. The maximum atomic E-state index is 13.4. The molecule has 1 aliphatic heterocycles. The summed E-state index contributed by atoms with van der Waals surface area (Å²) >= 11 is 0. The first-order valence-corrected chi connectivity index (χ1v) is 8.71. The Bertz CT molecular complexity index is 884. The van der Waals surface area contributed by atoms with Gasteiger partial charge in [0.25, 0.3) is 5.78 Å². The highest BCUT2D eigenvalue weighted by Gasteiger charge is 2.37. The first-order valence-electron chi connectivity index (χ1n) is 8.71. The van der Waals surface area contributed by atoms with E-state index in [0.717, 1.165) is 16.5 Å². The maximum absolute atomic E-state index is 13.4. The molecule has 27 heavy (non-hydrogen) atoms. The van der Waals surface area contributed by atoms with Gasteiger partial charge in [0.15, 0.2) is 18.2 Å². The molecule has 142 valence electrons. The van der Waals surface area contributed by atoms with Crippen molar-refractivity contribution in [3.63, 3.8) is 0 Å². The van der Waals surface area contributed by atoms with Gasteiger partial charge in [-0.05, 0) is 43.3 Å². The number of Topliss-reactive ketones (excluding diaryl/α,β-unsaturated/α-hetero) is 1. The van der Waals surface area contributed by atoms with E-state index >= 15 is 0 Å². The van der Waals surface area contributed by atoms with Crippen LogP contribution in [0.15, 0.2) is 36.4 Å². The zero-order valence-corrected chi connectivity index (χ0v) is 15.5. The molecular weight excluding hydrogens is 351 g/mol. The first kappa shape index (κ1) is 18.8. The van der Waals surface area contributed by atoms with Crippen LogP contribution in [0.1, 0.15) is 22.8 Å². The Morgan fingerprint density at radius 3 is 2.59 bits per heavy atom. The number of quaternary nitrogens is 1. The number of carbonyl (C=O) groups is 2. The van der Waals surface area contributed by atoms with E-state index in [4.69, 9.17) is 9.47 Å². The van der Waals surface area contributed by atoms with E-state index in [1.54, 1.807) is 7.11 Å². The second-order valence-electron chi connectivity index (χ2n) is 6.43. The lowest BCUT2D eigenvalue weighted by Gasteiger charge is -2.22. The van der Waals surface area contributed by atoms with Crippen molar-refractivity contribution in [2.24, 2.45) is 0 Å². The molecule has 1 heterocycles. The SMILES string of the molecule is CCOc1ccc(C[NH+](C)CN2C(=O)C(=O)c3cc(F)ccc32)cc1OC. The number of benzene rings is 2. The van der Waals surface area contributed by atoms with Gasteiger partial charge in [0.2, 0.25) is 0 Å². The highest BCUT2D eigenvalue weighted by atomic mass is 19.1. The molecule has 6 nitrogen and oxygen atoms in total. The number of rotatable bonds is 7. The normalized spacial score (nSPS) is 14.3. The zero-order valence-electron chi connectivity index (χ0n) is 15.5. The molecule has 1 N–H and O–H groups in total. The summed E-state index contributed by atoms with van der Waals surface area (Å²) in [5, 5.41) is 0. The van der Waals surface area contributed by atoms with E-state index in [0.29, 0.717) is 37.0 Å². The molecule has 0 radical (unpaired) electrons. The van der Waals surface area contributed by atoms with Crippen LogP contribution in [0.3, 0.4) is 0 Å². The number of fused-ring (bicyclic) bond motifs is 1. The minimum atomic E-state index is -0.667. The van der Waals surface area contributed by atoms with Gasteiger partial charge in [0.1, 0.15) is 12.4 Å². The highest BCUT2D eigenvalue weighted by molar-refractivity contribution is 6.52. The zero-order chi connectivity index (χ0) is 19.6. The third kappa shape index (κ3) is 3.78. The quantitative estimate of drug-likeness (QED) is 0.746. The molecule has 1 amide bonds. The molecule has 0 spiro atoms. The van der Waals surface area contributed by atoms with Gasteiger partial charge in [-0.3, -0.25) is 14.5 Å². The summed E-state index contributed by atoms with van der Waals surface area (Å²) in [4.78, 5) is 26.8. The van der Waals surface area contributed by atoms with Crippen LogP contribution in [0.2, 0.25) is 0 Å². The van der Waals surface area contributed by atoms with Gasteiger partial charge in [-0.25, -0.2) is 4.39 Å². The molecule has 1 aliphatic rings. The van der Waals surface area contributed by atoms with E-state index in [2.05, 4.69) is 0 Å². The van der Waals surface area contributed by atoms with Crippen molar-refractivity contribution in [3.05, 3.63) is 53.3 Å². The molecule has 2 aromatic rings. The second-order valence-corrected chi connectivity index (χ2v) is 6.43. The first-order chi connectivity index (χ1) is 12.9. The molecule has 7 heteroatoms. The number of hydrogen-bond donors (Lipinski definition) is 1. The second kappa shape index (κ2) is 7.75. The molecule has 0 saturated heterocycles. The van der Waals surface area contributed by atoms with Gasteiger partial charge < -0.3 is 14.4 Å². The lowest BCUT2D eigenvalue weighted by Crippen LogP contribution is -3.09. The Hall–Kier alpha value is -2.93. The van der Waals surface area contributed by atoms with E-state index in [9.17, 15) is 14.0 Å². The van der Waals surface area contributed by atoms with Gasteiger partial charge in [-0.1, -0.05) is 0 Å². The standard InChI is InChI=1S/C20H21FN2O4/c1-4-27-17-8-5-13(9-18(17)26-3)11-22(2)12-23-16-7-6-14(21)10-15(16)19(24)20(23)25/h5-10H,4,11-12H2,1-3H3/p+1. The van der Waals surface area contributed by atoms with Crippen molar-refractivity contribution in [2.45, 2.75) is 13.5 Å². The fourth-order valence-corrected chi connectivity index (χ4v) is 3.20. The molecule has 0 bridgehead atoms. The molecule has 0 fully saturated rings. The van der Waals surface area contributed by atoms with Crippen molar-refractivity contribution in [3.8, 4) is 11.5 Å². The van der Waals surface area contributed by atoms with E-state index in [1.165, 1.54) is 17.0 Å². The third-order valence-electron chi connectivity index (χ3n) is 4.40. The Labute approximate surface area is 157 Å². The molecule has 3 rings (SSSR count). The molecule has 1 unspecified atom stereocenters. The lowest BCUT2D eigenvalue weighted by atomic mass is 10.1. The Morgan fingerprint density at radius 2 is 1.89 bits per heavy atom. The van der Waals surface area contributed by atoms with Gasteiger partial charge >= 0.3 is 5.91 Å². The Balaban J connectivity index is 1.74. The predicted octanol–water partition coefficient (Wildman–Crippen LogP) is 1.43. The van der Waals surface area contributed by atoms with E-state index < -0.39 is 17.5 Å². The summed E-state index contributed by atoms with van der Waals surface area (Å²) < 4.78 is 24.3. The number of hydrogen-bond acceptors (Lipinski definition) is 4. The van der Waals surface area contributed by atoms with Gasteiger partial charge in [0.05, 0.1) is 32.0 Å². The summed E-state index contributed by atoms with van der Waals surface area (Å²) in [5.74, 6) is -0.494. The Morgan fingerprint density at radius 1 is 1.11 bits per heavy atom. The summed E-state index contributed by atoms with van der Waals surface area (Å²) in [5.41, 5.74) is 1.58. The highest BCUT2D eigenvalue weighted by Crippen LogP contribution is 2.29. The molecule has 2 aromatic carbocycles. The Kier molecular flexibility index (Phi) is 5.41. The third-order valence-corrected chi connectivity index (χ3v) is 4.40. The van der Waals surface area contributed by atoms with Crippen molar-refractivity contribution in [2.75, 3.05) is 32.3 Å². The van der Waals surface area contributed by atoms with Crippen LogP contribution in [0.25, 0.3) is 0 Å². The van der Waals surface area contributed by atoms with Crippen molar-refractivity contribution >= 4 is 17.4 Å². The predicted molar refractivity (Wildman–Crippen MR) is 97.8 cm³/mol. The average Bonchev–Trinajstić information content (AvgIpc) is 2.87. The van der Waals surface area contributed by atoms with Crippen molar-refractivity contribution < 1.29 is 28.4 Å². The summed E-state index contributed by atoms with van der Waals surface area (Å²) in [6.07, 6.45) is 0. The largest absolute Gasteiger partial charge is 0.493 e. The smallest absolute Gasteiger partial charge is 0.303 e. The van der Waals surface area contributed by atoms with Gasteiger partial charge in [-0.2, -0.15) is 0 Å². The fraction of sp³-hybridized carbons (Fsp3) is 0.300. The number of methoxy groups -OCH3 is 1. The lowest BCUT2D eigenvalue weighted by molar-refractivity contribution is -0.892. The average molecular weight is 373 g/mol. The molecular formula is C20H22FN2O4+. The van der Waals surface area contributed by atoms with Crippen LogP contribution < -0.4 is 19.3 Å². The molecule has 0 aromatic heterocycles. The monoisotopic (exact) mass is 373 g/mol. The summed E-state index contributed by atoms with van der Waals surface area (Å²) in [7, 11) is 3.50. The van der Waals surface area contributed by atoms with Crippen LogP contribution in [0, 0.1) is 5.82 Å². The summed E-state index contributed by atoms with van der Waals surface area (Å²) in [6.45, 7) is 3.35. The van der Waals surface area contributed by atoms with Crippen LogP contribution >= 0.6 is 0 Å². The minimum Gasteiger partial charge on any atom is -0.493 e. The molecule has 1 atom stereocenters. The number of ether oxygens (including phenoxy) is 2. The number of nitrogens with one attached hydrogen (secondary N) is 1. The topological polar surface area (TPSA) is 60.3 Å². The number of carbonyl (C=O) groups excluding carboxylic acids is 2. The van der Waals surface area contributed by atoms with Gasteiger partial charge in [0, 0.05) is 5.56 Å². The van der Waals surface area contributed by atoms with Crippen LogP contribution in [0.5, 0.6) is 11.5 Å². The van der Waals surface area contributed by atoms with Crippen LogP contribution in [0.4, 0.5) is 10.1 Å². The number of amides is 1. The van der Waals surface area contributed by atoms with Crippen molar-refractivity contribution in [1.29, 1.82) is 0 Å². The number of nitrogens with zero attached hydrogens (tertiary/aromatic N) is 1. The summed E-state index contributed by atoms with van der Waals surface area (Å²) in [6, 6.07) is 9.53. The van der Waals surface area contributed by atoms with Gasteiger partial charge in [-0.15, -0.1) is 0 Å². The fourth-order valence-electron chi connectivity index (χ4n) is 3.20. The maximum Gasteiger partial charge on any atom is 0.303 e. The van der Waals surface area contributed by atoms with Crippen molar-refractivity contribution in [1.82, 2.24) is 0 Å². The van der Waals surface area contributed by atoms with Crippen LogP contribution in [-0.2, 0) is 11.3 Å². The van der Waals surface area contributed by atoms with E-state index in [1.807, 2.05) is 32.2 Å². The number of ketones is 1. The molecule has 0 aliphatic carbocycles. The van der Waals surface area contributed by atoms with E-state index in [-0.39, 0.29) is 5.56 Å². The van der Waals surface area contributed by atoms with Crippen LogP contribution in [-0.4, -0.2) is 39.1 Å². The number of halogens is 1. The minimum absolute atomic E-state index is 0.121.